The molecule has 0 radical (unpaired) electrons. The van der Waals surface area contributed by atoms with E-state index in [1.807, 2.05) is 24.3 Å². The molecule has 1 amide bonds. The Labute approximate surface area is 126 Å². The molecule has 0 aliphatic heterocycles. The van der Waals surface area contributed by atoms with Crippen LogP contribution < -0.4 is 0 Å². The van der Waals surface area contributed by atoms with E-state index in [1.54, 1.807) is 19.1 Å². The summed E-state index contributed by atoms with van der Waals surface area (Å²) in [5.74, 6) is -0.00252. The molecule has 1 aromatic carbocycles. The highest BCUT2D eigenvalue weighted by Gasteiger charge is 2.23. The minimum absolute atomic E-state index is 0.00252. The smallest absolute Gasteiger partial charge is 0.253 e. The van der Waals surface area contributed by atoms with E-state index in [1.165, 1.54) is 0 Å². The van der Waals surface area contributed by atoms with Crippen LogP contribution in [0.4, 0.5) is 0 Å². The molecule has 0 saturated carbocycles. The van der Waals surface area contributed by atoms with E-state index < -0.39 is 0 Å². The number of hydrogen-bond donors (Lipinski definition) is 0. The first-order valence-electron chi connectivity index (χ1n) is 6.75. The van der Waals surface area contributed by atoms with Crippen molar-refractivity contribution in [2.75, 3.05) is 27.3 Å². The van der Waals surface area contributed by atoms with Crippen molar-refractivity contribution < 1.29 is 9.53 Å². The normalized spacial score (nSPS) is 13.1. The van der Waals surface area contributed by atoms with Crippen LogP contribution in [-0.2, 0) is 10.2 Å². The average Bonchev–Trinajstić information content (AvgIpc) is 2.37. The SMILES string of the molecule is COCC(Cl)CN(C)C(=O)c1ccccc1C(C)(C)C. The first kappa shape index (κ1) is 17.0. The number of amides is 1. The minimum Gasteiger partial charge on any atom is -0.383 e. The Balaban J connectivity index is 2.92. The van der Waals surface area contributed by atoms with Crippen LogP contribution in [0.15, 0.2) is 24.3 Å². The second-order valence-electron chi connectivity index (χ2n) is 6.03. The third-order valence-corrected chi connectivity index (χ3v) is 3.40. The number of alkyl halides is 1. The van der Waals surface area contributed by atoms with Gasteiger partial charge in [0.05, 0.1) is 12.0 Å². The van der Waals surface area contributed by atoms with Crippen LogP contribution >= 0.6 is 11.6 Å². The van der Waals surface area contributed by atoms with E-state index in [2.05, 4.69) is 20.8 Å². The lowest BCUT2D eigenvalue weighted by Crippen LogP contribution is -2.35. The lowest BCUT2D eigenvalue weighted by Gasteiger charge is -2.26. The molecular formula is C16H24ClNO2. The molecule has 1 aromatic rings. The molecule has 1 unspecified atom stereocenters. The Bertz CT molecular complexity index is 454. The number of carbonyl (C=O) groups is 1. The van der Waals surface area contributed by atoms with Crippen LogP contribution in [0.25, 0.3) is 0 Å². The molecule has 0 saturated heterocycles. The Hall–Kier alpha value is -1.06. The molecule has 0 fully saturated rings. The van der Waals surface area contributed by atoms with Crippen molar-refractivity contribution in [3.8, 4) is 0 Å². The summed E-state index contributed by atoms with van der Waals surface area (Å²) in [6.45, 7) is 7.21. The monoisotopic (exact) mass is 297 g/mol. The molecule has 0 aliphatic carbocycles. The maximum Gasteiger partial charge on any atom is 0.253 e. The molecule has 0 spiro atoms. The number of carbonyl (C=O) groups excluding carboxylic acids is 1. The third-order valence-electron chi connectivity index (χ3n) is 3.13. The van der Waals surface area contributed by atoms with Crippen molar-refractivity contribution in [1.29, 1.82) is 0 Å². The van der Waals surface area contributed by atoms with Gasteiger partial charge in [-0.05, 0) is 17.0 Å². The summed E-state index contributed by atoms with van der Waals surface area (Å²) in [4.78, 5) is 14.2. The van der Waals surface area contributed by atoms with Gasteiger partial charge < -0.3 is 9.64 Å². The van der Waals surface area contributed by atoms with Gasteiger partial charge >= 0.3 is 0 Å². The zero-order valence-electron chi connectivity index (χ0n) is 12.9. The largest absolute Gasteiger partial charge is 0.383 e. The van der Waals surface area contributed by atoms with Crippen LogP contribution in [0, 0.1) is 0 Å². The van der Waals surface area contributed by atoms with E-state index in [0.717, 1.165) is 11.1 Å². The van der Waals surface area contributed by atoms with E-state index >= 15 is 0 Å². The molecule has 0 N–H and O–H groups in total. The van der Waals surface area contributed by atoms with Gasteiger partial charge in [-0.3, -0.25) is 4.79 Å². The molecular weight excluding hydrogens is 274 g/mol. The van der Waals surface area contributed by atoms with Crippen LogP contribution in [-0.4, -0.2) is 43.5 Å². The van der Waals surface area contributed by atoms with Gasteiger partial charge in [0, 0.05) is 26.3 Å². The van der Waals surface area contributed by atoms with Crippen molar-refractivity contribution in [2.24, 2.45) is 0 Å². The summed E-state index contributed by atoms with van der Waals surface area (Å²) in [5.41, 5.74) is 1.72. The summed E-state index contributed by atoms with van der Waals surface area (Å²) in [5, 5.41) is -0.198. The zero-order chi connectivity index (χ0) is 15.3. The molecule has 1 atom stereocenters. The van der Waals surface area contributed by atoms with Crippen LogP contribution in [0.3, 0.4) is 0 Å². The van der Waals surface area contributed by atoms with Crippen molar-refractivity contribution in [1.82, 2.24) is 4.90 Å². The van der Waals surface area contributed by atoms with Crippen molar-refractivity contribution in [3.05, 3.63) is 35.4 Å². The van der Waals surface area contributed by atoms with E-state index in [4.69, 9.17) is 16.3 Å². The second kappa shape index (κ2) is 7.09. The molecule has 0 bridgehead atoms. The number of benzene rings is 1. The zero-order valence-corrected chi connectivity index (χ0v) is 13.7. The quantitative estimate of drug-likeness (QED) is 0.780. The Kier molecular flexibility index (Phi) is 6.03. The van der Waals surface area contributed by atoms with Crippen molar-refractivity contribution >= 4 is 17.5 Å². The van der Waals surface area contributed by atoms with Crippen LogP contribution in [0.5, 0.6) is 0 Å². The highest BCUT2D eigenvalue weighted by atomic mass is 35.5. The van der Waals surface area contributed by atoms with Gasteiger partial charge in [0.25, 0.3) is 5.91 Å². The van der Waals surface area contributed by atoms with Crippen molar-refractivity contribution in [3.63, 3.8) is 0 Å². The number of nitrogens with zero attached hydrogens (tertiary/aromatic N) is 1. The number of hydrogen-bond acceptors (Lipinski definition) is 2. The Morgan fingerprint density at radius 2 is 1.95 bits per heavy atom. The van der Waals surface area contributed by atoms with Crippen LogP contribution in [0.1, 0.15) is 36.7 Å². The van der Waals surface area contributed by atoms with Gasteiger partial charge in [-0.1, -0.05) is 39.0 Å². The predicted molar refractivity (Wildman–Crippen MR) is 83.6 cm³/mol. The Morgan fingerprint density at radius 3 is 2.50 bits per heavy atom. The lowest BCUT2D eigenvalue weighted by atomic mass is 9.83. The first-order valence-corrected chi connectivity index (χ1v) is 7.19. The molecule has 3 nitrogen and oxygen atoms in total. The second-order valence-corrected chi connectivity index (χ2v) is 6.65. The Morgan fingerprint density at radius 1 is 1.35 bits per heavy atom. The van der Waals surface area contributed by atoms with Crippen molar-refractivity contribution in [2.45, 2.75) is 31.6 Å². The fraction of sp³-hybridized carbons (Fsp3) is 0.562. The highest BCUT2D eigenvalue weighted by Crippen LogP contribution is 2.26. The lowest BCUT2D eigenvalue weighted by molar-refractivity contribution is 0.0779. The minimum atomic E-state index is -0.198. The molecule has 20 heavy (non-hydrogen) atoms. The third kappa shape index (κ3) is 4.50. The number of rotatable bonds is 5. The van der Waals surface area contributed by atoms with Gasteiger partial charge in [-0.15, -0.1) is 11.6 Å². The summed E-state index contributed by atoms with van der Waals surface area (Å²) in [7, 11) is 3.37. The maximum absolute atomic E-state index is 12.6. The summed E-state index contributed by atoms with van der Waals surface area (Å²) in [6.07, 6.45) is 0. The molecule has 0 aromatic heterocycles. The highest BCUT2D eigenvalue weighted by molar-refractivity contribution is 6.21. The molecule has 1 rings (SSSR count). The van der Waals surface area contributed by atoms with E-state index in [-0.39, 0.29) is 16.7 Å². The van der Waals surface area contributed by atoms with Gasteiger partial charge in [0.15, 0.2) is 0 Å². The van der Waals surface area contributed by atoms with E-state index in [9.17, 15) is 4.79 Å². The molecule has 0 aliphatic rings. The van der Waals surface area contributed by atoms with Gasteiger partial charge in [-0.25, -0.2) is 0 Å². The van der Waals surface area contributed by atoms with E-state index in [0.29, 0.717) is 13.2 Å². The maximum atomic E-state index is 12.6. The van der Waals surface area contributed by atoms with Gasteiger partial charge in [0.2, 0.25) is 0 Å². The molecule has 0 heterocycles. The molecule has 112 valence electrons. The van der Waals surface area contributed by atoms with Gasteiger partial charge in [-0.2, -0.15) is 0 Å². The number of ether oxygens (including phenoxy) is 1. The van der Waals surface area contributed by atoms with Crippen LogP contribution in [0.2, 0.25) is 0 Å². The first-order chi connectivity index (χ1) is 9.27. The summed E-state index contributed by atoms with van der Waals surface area (Å²) >= 11 is 6.12. The average molecular weight is 298 g/mol. The fourth-order valence-corrected chi connectivity index (χ4v) is 2.48. The summed E-state index contributed by atoms with van der Waals surface area (Å²) in [6, 6.07) is 7.74. The predicted octanol–water partition coefficient (Wildman–Crippen LogP) is 3.31. The van der Waals surface area contributed by atoms with Gasteiger partial charge in [0.1, 0.15) is 0 Å². The summed E-state index contributed by atoms with van der Waals surface area (Å²) < 4.78 is 5.00. The number of halogens is 1. The number of methoxy groups -OCH3 is 1. The topological polar surface area (TPSA) is 29.5 Å². The molecule has 4 heteroatoms. The fourth-order valence-electron chi connectivity index (χ4n) is 2.14. The standard InChI is InChI=1S/C16H24ClNO2/c1-16(2,3)14-9-7-6-8-13(14)15(19)18(4)10-12(17)11-20-5/h6-9,12H,10-11H2,1-5H3.